The summed E-state index contributed by atoms with van der Waals surface area (Å²) in [6, 6.07) is 17.5. The minimum absolute atomic E-state index is 0.116. The van der Waals surface area contributed by atoms with Crippen LogP contribution < -0.4 is 5.73 Å². The lowest BCUT2D eigenvalue weighted by molar-refractivity contribution is 0.0906. The predicted molar refractivity (Wildman–Crippen MR) is 118 cm³/mol. The first-order valence-corrected chi connectivity index (χ1v) is 10.5. The second kappa shape index (κ2) is 8.19. The zero-order valence-electron chi connectivity index (χ0n) is 17.1. The van der Waals surface area contributed by atoms with Gasteiger partial charge in [0.1, 0.15) is 0 Å². The van der Waals surface area contributed by atoms with Crippen LogP contribution in [0.3, 0.4) is 0 Å². The van der Waals surface area contributed by atoms with E-state index in [1.807, 2.05) is 42.5 Å². The van der Waals surface area contributed by atoms with Crippen LogP contribution in [0.1, 0.15) is 30.3 Å². The van der Waals surface area contributed by atoms with Crippen LogP contribution in [0.4, 0.5) is 0 Å². The van der Waals surface area contributed by atoms with Gasteiger partial charge in [-0.15, -0.1) is 0 Å². The molecule has 7 nitrogen and oxygen atoms in total. The number of hydrogen-bond acceptors (Lipinski definition) is 6. The lowest BCUT2D eigenvalue weighted by atomic mass is 9.71. The van der Waals surface area contributed by atoms with Gasteiger partial charge in [0, 0.05) is 23.6 Å². The molecule has 1 saturated carbocycles. The highest BCUT2D eigenvalue weighted by molar-refractivity contribution is 5.84. The minimum atomic E-state index is -0.123. The molecule has 31 heavy (non-hydrogen) atoms. The maximum absolute atomic E-state index is 9.40. The van der Waals surface area contributed by atoms with E-state index in [-0.39, 0.29) is 19.3 Å². The van der Waals surface area contributed by atoms with Gasteiger partial charge in [-0.1, -0.05) is 24.3 Å². The largest absolute Gasteiger partial charge is 0.396 e. The van der Waals surface area contributed by atoms with Crippen LogP contribution in [0, 0.1) is 11.8 Å². The molecule has 5 rings (SSSR count). The van der Waals surface area contributed by atoms with Crippen molar-refractivity contribution in [3.05, 3.63) is 72.2 Å². The maximum atomic E-state index is 9.40. The molecule has 4 N–H and O–H groups in total. The molecular weight excluding hydrogens is 390 g/mol. The third kappa shape index (κ3) is 3.72. The van der Waals surface area contributed by atoms with Crippen LogP contribution in [0.25, 0.3) is 28.0 Å². The molecule has 1 aliphatic carbocycles. The van der Waals surface area contributed by atoms with E-state index in [2.05, 4.69) is 16.1 Å². The van der Waals surface area contributed by atoms with E-state index in [1.165, 1.54) is 0 Å². The van der Waals surface area contributed by atoms with Crippen molar-refractivity contribution in [3.8, 4) is 17.1 Å². The number of rotatable bonds is 6. The molecule has 4 aromatic rings. The maximum Gasteiger partial charge on any atom is 0.154 e. The topological polar surface area (TPSA) is 110 Å². The molecule has 1 aliphatic rings. The molecule has 3 aromatic heterocycles. The molecule has 0 amide bonds. The fraction of sp³-hybridized carbons (Fsp3) is 0.292. The van der Waals surface area contributed by atoms with Gasteiger partial charge in [0.2, 0.25) is 0 Å². The van der Waals surface area contributed by atoms with Gasteiger partial charge in [0.05, 0.1) is 35.4 Å². The van der Waals surface area contributed by atoms with Gasteiger partial charge in [-0.25, -0.2) is 9.67 Å². The predicted octanol–water partition coefficient (Wildman–Crippen LogP) is 2.99. The van der Waals surface area contributed by atoms with Crippen molar-refractivity contribution in [3.63, 3.8) is 0 Å². The average Bonchev–Trinajstić information content (AvgIpc) is 3.22. The van der Waals surface area contributed by atoms with E-state index < -0.39 is 0 Å². The molecule has 7 heteroatoms. The Morgan fingerprint density at radius 3 is 2.68 bits per heavy atom. The Bertz CT molecular complexity index is 1220. The number of hydrogen-bond donors (Lipinski definition) is 3. The van der Waals surface area contributed by atoms with E-state index in [0.29, 0.717) is 23.3 Å². The first-order chi connectivity index (χ1) is 15.2. The normalized spacial score (nSPS) is 19.3. The van der Waals surface area contributed by atoms with E-state index in [4.69, 9.17) is 10.7 Å². The Labute approximate surface area is 180 Å². The van der Waals surface area contributed by atoms with Crippen LogP contribution in [-0.4, -0.2) is 36.6 Å². The van der Waals surface area contributed by atoms with Gasteiger partial charge in [0.15, 0.2) is 5.82 Å². The SMILES string of the molecule is N[C@H](c1cccc(-c2ccc3cnn(-c4cccc(CO)n4)c3c2)n1)[C@H]1C[C@H](CO)C1. The van der Waals surface area contributed by atoms with E-state index in [1.54, 1.807) is 16.9 Å². The van der Waals surface area contributed by atoms with Gasteiger partial charge in [0.25, 0.3) is 0 Å². The minimum Gasteiger partial charge on any atom is -0.396 e. The lowest BCUT2D eigenvalue weighted by Gasteiger charge is -2.37. The number of benzene rings is 1. The smallest absolute Gasteiger partial charge is 0.154 e. The van der Waals surface area contributed by atoms with Crippen LogP contribution in [-0.2, 0) is 6.61 Å². The van der Waals surface area contributed by atoms with Crippen molar-refractivity contribution in [1.29, 1.82) is 0 Å². The van der Waals surface area contributed by atoms with Crippen molar-refractivity contribution < 1.29 is 10.2 Å². The van der Waals surface area contributed by atoms with E-state index in [0.717, 1.165) is 40.7 Å². The molecule has 1 atom stereocenters. The molecule has 158 valence electrons. The summed E-state index contributed by atoms with van der Waals surface area (Å²) >= 11 is 0. The summed E-state index contributed by atoms with van der Waals surface area (Å²) < 4.78 is 1.77. The number of nitrogens with two attached hydrogens (primary N) is 1. The third-order valence-corrected chi connectivity index (χ3v) is 6.19. The Balaban J connectivity index is 1.48. The van der Waals surface area contributed by atoms with Gasteiger partial charge >= 0.3 is 0 Å². The van der Waals surface area contributed by atoms with Crippen molar-refractivity contribution in [2.75, 3.05) is 6.61 Å². The standard InChI is InChI=1S/C24H25N5O2/c25-24(18-9-15(10-18)13-30)21-5-2-4-20(28-21)16-7-8-17-12-26-29(22(17)11-16)23-6-1-3-19(14-31)27-23/h1-8,11-12,15,18,24,30-31H,9-10,13-14,25H2/t15-,18-,24-/m0/s1. The van der Waals surface area contributed by atoms with Gasteiger partial charge < -0.3 is 15.9 Å². The molecule has 0 spiro atoms. The molecule has 0 saturated heterocycles. The zero-order valence-corrected chi connectivity index (χ0v) is 17.1. The van der Waals surface area contributed by atoms with Crippen molar-refractivity contribution in [2.24, 2.45) is 17.6 Å². The zero-order chi connectivity index (χ0) is 21.4. The lowest BCUT2D eigenvalue weighted by Crippen LogP contribution is -2.35. The quantitative estimate of drug-likeness (QED) is 0.447. The summed E-state index contributed by atoms with van der Waals surface area (Å²) in [6.45, 7) is 0.121. The van der Waals surface area contributed by atoms with Gasteiger partial charge in [-0.3, -0.25) is 4.98 Å². The molecular formula is C24H25N5O2. The van der Waals surface area contributed by atoms with Crippen molar-refractivity contribution >= 4 is 10.9 Å². The third-order valence-electron chi connectivity index (χ3n) is 6.19. The molecule has 0 aliphatic heterocycles. The molecule has 0 bridgehead atoms. The highest BCUT2D eigenvalue weighted by atomic mass is 16.3. The Kier molecular flexibility index (Phi) is 5.23. The number of aliphatic hydroxyl groups excluding tert-OH is 2. The summed E-state index contributed by atoms with van der Waals surface area (Å²) in [5.41, 5.74) is 10.7. The summed E-state index contributed by atoms with van der Waals surface area (Å²) in [6.07, 6.45) is 3.71. The van der Waals surface area contributed by atoms with E-state index in [9.17, 15) is 10.2 Å². The van der Waals surface area contributed by atoms with Crippen LogP contribution in [0.2, 0.25) is 0 Å². The molecule has 0 radical (unpaired) electrons. The van der Waals surface area contributed by atoms with Crippen LogP contribution in [0.15, 0.2) is 60.8 Å². The molecule has 1 fully saturated rings. The first kappa shape index (κ1) is 19.8. The fourth-order valence-electron chi connectivity index (χ4n) is 4.30. The summed E-state index contributed by atoms with van der Waals surface area (Å²) in [7, 11) is 0. The van der Waals surface area contributed by atoms with Crippen molar-refractivity contribution in [1.82, 2.24) is 19.7 Å². The average molecular weight is 415 g/mol. The van der Waals surface area contributed by atoms with Crippen molar-refractivity contribution in [2.45, 2.75) is 25.5 Å². The van der Waals surface area contributed by atoms with Gasteiger partial charge in [-0.05, 0) is 55.0 Å². The number of nitrogens with zero attached hydrogens (tertiary/aromatic N) is 4. The molecule has 1 aromatic carbocycles. The van der Waals surface area contributed by atoms with Crippen LogP contribution >= 0.6 is 0 Å². The van der Waals surface area contributed by atoms with Crippen LogP contribution in [0.5, 0.6) is 0 Å². The monoisotopic (exact) mass is 415 g/mol. The Hall–Kier alpha value is -3.13. The fourth-order valence-corrected chi connectivity index (χ4v) is 4.30. The van der Waals surface area contributed by atoms with E-state index >= 15 is 0 Å². The second-order valence-corrected chi connectivity index (χ2v) is 8.23. The molecule has 3 heterocycles. The Morgan fingerprint density at radius 2 is 1.87 bits per heavy atom. The van der Waals surface area contributed by atoms with Gasteiger partial charge in [-0.2, -0.15) is 5.10 Å². The number of aliphatic hydroxyl groups is 2. The highest BCUT2D eigenvalue weighted by Crippen LogP contribution is 2.40. The summed E-state index contributed by atoms with van der Waals surface area (Å²) in [5.74, 6) is 1.40. The highest BCUT2D eigenvalue weighted by Gasteiger charge is 2.34. The Morgan fingerprint density at radius 1 is 1.03 bits per heavy atom. The number of fused-ring (bicyclic) bond motifs is 1. The number of aromatic nitrogens is 4. The number of pyridine rings is 2. The second-order valence-electron chi connectivity index (χ2n) is 8.23. The first-order valence-electron chi connectivity index (χ1n) is 10.5. The summed E-state index contributed by atoms with van der Waals surface area (Å²) in [4.78, 5) is 9.32. The summed E-state index contributed by atoms with van der Waals surface area (Å²) in [5, 5.41) is 24.2. The molecule has 0 unspecified atom stereocenters.